The summed E-state index contributed by atoms with van der Waals surface area (Å²) in [5.41, 5.74) is 2.94. The van der Waals surface area contributed by atoms with Crippen LogP contribution < -0.4 is 14.8 Å². The predicted octanol–water partition coefficient (Wildman–Crippen LogP) is 4.30. The highest BCUT2D eigenvalue weighted by Crippen LogP contribution is 2.21. The molecule has 0 fully saturated rings. The molecular weight excluding hydrogens is 400 g/mol. The molecule has 156 valence electrons. The number of hydrogen-bond donors (Lipinski definition) is 2. The van der Waals surface area contributed by atoms with Crippen molar-refractivity contribution in [2.24, 2.45) is 0 Å². The van der Waals surface area contributed by atoms with Gasteiger partial charge in [0.1, 0.15) is 5.75 Å². The van der Waals surface area contributed by atoms with E-state index < -0.39 is 10.0 Å². The molecule has 7 heteroatoms. The Bertz CT molecular complexity index is 1120. The average Bonchev–Trinajstić information content (AvgIpc) is 2.74. The summed E-state index contributed by atoms with van der Waals surface area (Å²) < 4.78 is 32.8. The smallest absolute Gasteiger partial charge is 0.261 e. The molecule has 0 radical (unpaired) electrons. The molecule has 3 aromatic rings. The van der Waals surface area contributed by atoms with E-state index in [4.69, 9.17) is 4.74 Å². The number of methoxy groups -OCH3 is 1. The van der Waals surface area contributed by atoms with Crippen molar-refractivity contribution in [3.8, 4) is 5.75 Å². The van der Waals surface area contributed by atoms with Crippen molar-refractivity contribution in [2.75, 3.05) is 11.8 Å². The number of carbonyl (C=O) groups is 1. The Balaban J connectivity index is 1.70. The highest BCUT2D eigenvalue weighted by molar-refractivity contribution is 7.92. The van der Waals surface area contributed by atoms with Crippen molar-refractivity contribution in [3.63, 3.8) is 0 Å². The number of anilines is 1. The van der Waals surface area contributed by atoms with Crippen molar-refractivity contribution in [1.82, 2.24) is 5.32 Å². The summed E-state index contributed by atoms with van der Waals surface area (Å²) in [5, 5.41) is 2.95. The highest BCUT2D eigenvalue weighted by Gasteiger charge is 2.17. The maximum atomic E-state index is 12.6. The second-order valence-corrected chi connectivity index (χ2v) is 8.59. The van der Waals surface area contributed by atoms with Crippen LogP contribution in [-0.2, 0) is 10.0 Å². The molecule has 30 heavy (non-hydrogen) atoms. The molecule has 1 atom stereocenters. The van der Waals surface area contributed by atoms with Crippen LogP contribution in [0.3, 0.4) is 0 Å². The van der Waals surface area contributed by atoms with Crippen LogP contribution in [0, 0.1) is 6.92 Å². The van der Waals surface area contributed by atoms with E-state index in [0.29, 0.717) is 17.0 Å². The molecule has 3 aromatic carbocycles. The Morgan fingerprint density at radius 3 is 2.17 bits per heavy atom. The molecule has 0 saturated carbocycles. The Kier molecular flexibility index (Phi) is 6.42. The van der Waals surface area contributed by atoms with Gasteiger partial charge in [-0.15, -0.1) is 0 Å². The second-order valence-electron chi connectivity index (χ2n) is 6.91. The van der Waals surface area contributed by atoms with E-state index >= 15 is 0 Å². The summed E-state index contributed by atoms with van der Waals surface area (Å²) in [7, 11) is -2.23. The zero-order chi connectivity index (χ0) is 21.7. The first kappa shape index (κ1) is 21.4. The zero-order valence-electron chi connectivity index (χ0n) is 17.0. The topological polar surface area (TPSA) is 84.5 Å². The minimum atomic E-state index is -3.77. The molecule has 0 aliphatic carbocycles. The largest absolute Gasteiger partial charge is 0.497 e. The van der Waals surface area contributed by atoms with Crippen LogP contribution in [0.1, 0.15) is 34.5 Å². The van der Waals surface area contributed by atoms with E-state index in [2.05, 4.69) is 10.0 Å². The molecular formula is C23H24N2O4S. The molecule has 1 amide bonds. The third-order valence-electron chi connectivity index (χ3n) is 4.77. The van der Waals surface area contributed by atoms with Gasteiger partial charge in [-0.25, -0.2) is 8.42 Å². The third-order valence-corrected chi connectivity index (χ3v) is 6.17. The molecule has 0 aliphatic rings. The van der Waals surface area contributed by atoms with Crippen molar-refractivity contribution in [3.05, 3.63) is 89.5 Å². The van der Waals surface area contributed by atoms with Gasteiger partial charge in [-0.05, 0) is 73.5 Å². The predicted molar refractivity (Wildman–Crippen MR) is 117 cm³/mol. The number of aryl methyl sites for hydroxylation is 1. The number of rotatable bonds is 7. The SMILES string of the molecule is COc1ccc(NS(=O)(=O)c2ccc(C(=O)NC(C)c3ccccc3C)cc2)cc1. The fraction of sp³-hybridized carbons (Fsp3) is 0.174. The third kappa shape index (κ3) is 4.99. The summed E-state index contributed by atoms with van der Waals surface area (Å²) in [4.78, 5) is 12.6. The lowest BCUT2D eigenvalue weighted by Crippen LogP contribution is -2.27. The van der Waals surface area contributed by atoms with Gasteiger partial charge in [0.05, 0.1) is 18.0 Å². The van der Waals surface area contributed by atoms with Gasteiger partial charge in [0.25, 0.3) is 15.9 Å². The van der Waals surface area contributed by atoms with Crippen LogP contribution in [0.25, 0.3) is 0 Å². The molecule has 0 aromatic heterocycles. The van der Waals surface area contributed by atoms with E-state index in [9.17, 15) is 13.2 Å². The van der Waals surface area contributed by atoms with Crippen LogP contribution in [0.4, 0.5) is 5.69 Å². The molecule has 1 unspecified atom stereocenters. The number of amides is 1. The van der Waals surface area contributed by atoms with Gasteiger partial charge >= 0.3 is 0 Å². The lowest BCUT2D eigenvalue weighted by Gasteiger charge is -2.16. The summed E-state index contributed by atoms with van der Waals surface area (Å²) in [6.07, 6.45) is 0. The number of ether oxygens (including phenoxy) is 1. The molecule has 0 heterocycles. The summed E-state index contributed by atoms with van der Waals surface area (Å²) in [6.45, 7) is 3.91. The molecule has 0 spiro atoms. The maximum Gasteiger partial charge on any atom is 0.261 e. The minimum Gasteiger partial charge on any atom is -0.497 e. The number of benzene rings is 3. The lowest BCUT2D eigenvalue weighted by atomic mass is 10.0. The van der Waals surface area contributed by atoms with Crippen LogP contribution in [-0.4, -0.2) is 21.4 Å². The van der Waals surface area contributed by atoms with Crippen molar-refractivity contribution < 1.29 is 17.9 Å². The van der Waals surface area contributed by atoms with E-state index in [-0.39, 0.29) is 16.8 Å². The zero-order valence-corrected chi connectivity index (χ0v) is 17.9. The number of hydrogen-bond acceptors (Lipinski definition) is 4. The van der Waals surface area contributed by atoms with Crippen LogP contribution in [0.5, 0.6) is 5.75 Å². The van der Waals surface area contributed by atoms with Crippen LogP contribution >= 0.6 is 0 Å². The van der Waals surface area contributed by atoms with E-state index in [1.807, 2.05) is 38.1 Å². The van der Waals surface area contributed by atoms with Crippen LogP contribution in [0.2, 0.25) is 0 Å². The average molecular weight is 425 g/mol. The van der Waals surface area contributed by atoms with Crippen LogP contribution in [0.15, 0.2) is 77.7 Å². The quantitative estimate of drug-likeness (QED) is 0.592. The maximum absolute atomic E-state index is 12.6. The Hall–Kier alpha value is -3.32. The number of nitrogens with one attached hydrogen (secondary N) is 2. The second kappa shape index (κ2) is 9.00. The lowest BCUT2D eigenvalue weighted by molar-refractivity contribution is 0.0939. The normalized spacial score (nSPS) is 12.1. The van der Waals surface area contributed by atoms with Gasteiger partial charge in [-0.3, -0.25) is 9.52 Å². The highest BCUT2D eigenvalue weighted by atomic mass is 32.2. The van der Waals surface area contributed by atoms with Gasteiger partial charge in [-0.1, -0.05) is 24.3 Å². The van der Waals surface area contributed by atoms with Gasteiger partial charge in [0.2, 0.25) is 0 Å². The van der Waals surface area contributed by atoms with Crippen molar-refractivity contribution in [2.45, 2.75) is 24.8 Å². The molecule has 0 bridgehead atoms. The number of carbonyl (C=O) groups excluding carboxylic acids is 1. The molecule has 3 rings (SSSR count). The molecule has 0 saturated heterocycles. The van der Waals surface area contributed by atoms with Crippen molar-refractivity contribution in [1.29, 1.82) is 0 Å². The first-order chi connectivity index (χ1) is 14.3. The fourth-order valence-corrected chi connectivity index (χ4v) is 4.15. The summed E-state index contributed by atoms with van der Waals surface area (Å²) in [6, 6.07) is 20.1. The molecule has 2 N–H and O–H groups in total. The van der Waals surface area contributed by atoms with E-state index in [1.165, 1.54) is 24.3 Å². The van der Waals surface area contributed by atoms with Gasteiger partial charge < -0.3 is 10.1 Å². The van der Waals surface area contributed by atoms with Crippen molar-refractivity contribution >= 4 is 21.6 Å². The van der Waals surface area contributed by atoms with Gasteiger partial charge in [0, 0.05) is 11.3 Å². The standard InChI is InChI=1S/C23H24N2O4S/c1-16-6-4-5-7-22(16)17(2)24-23(26)18-8-14-21(15-9-18)30(27,28)25-19-10-12-20(29-3)13-11-19/h4-15,17,25H,1-3H3,(H,24,26). The van der Waals surface area contributed by atoms with Gasteiger partial charge in [0.15, 0.2) is 0 Å². The first-order valence-corrected chi connectivity index (χ1v) is 10.9. The number of sulfonamides is 1. The van der Waals surface area contributed by atoms with E-state index in [0.717, 1.165) is 11.1 Å². The Labute approximate surface area is 177 Å². The summed E-state index contributed by atoms with van der Waals surface area (Å²) in [5.74, 6) is 0.367. The van der Waals surface area contributed by atoms with Gasteiger partial charge in [-0.2, -0.15) is 0 Å². The molecule has 6 nitrogen and oxygen atoms in total. The molecule has 0 aliphatic heterocycles. The minimum absolute atomic E-state index is 0.0711. The Morgan fingerprint density at radius 2 is 1.57 bits per heavy atom. The Morgan fingerprint density at radius 1 is 0.933 bits per heavy atom. The van der Waals surface area contributed by atoms with E-state index in [1.54, 1.807) is 31.4 Å². The fourth-order valence-electron chi connectivity index (χ4n) is 3.09. The first-order valence-electron chi connectivity index (χ1n) is 9.43. The summed E-state index contributed by atoms with van der Waals surface area (Å²) >= 11 is 0. The monoisotopic (exact) mass is 424 g/mol.